The van der Waals surface area contributed by atoms with Gasteiger partial charge in [0.05, 0.1) is 0 Å². The van der Waals surface area contributed by atoms with E-state index in [9.17, 15) is 4.79 Å². The molecule has 1 N–H and O–H groups in total. The first-order valence-electron chi connectivity index (χ1n) is 9.26. The van der Waals surface area contributed by atoms with E-state index in [1.165, 1.54) is 0 Å². The quantitative estimate of drug-likeness (QED) is 0.393. The van der Waals surface area contributed by atoms with Crippen LogP contribution in [-0.4, -0.2) is 12.5 Å². The summed E-state index contributed by atoms with van der Waals surface area (Å²) in [6, 6.07) is 0. The zero-order chi connectivity index (χ0) is 18.2. The smallest absolute Gasteiger partial charge is 0.358 e. The van der Waals surface area contributed by atoms with Crippen LogP contribution in [0, 0.1) is 25.2 Å². The van der Waals surface area contributed by atoms with Crippen LogP contribution in [0.25, 0.3) is 0 Å². The summed E-state index contributed by atoms with van der Waals surface area (Å²) in [5.74, 6) is 0.196. The number of carbonyl (C=O) groups is 1. The van der Waals surface area contributed by atoms with E-state index in [4.69, 9.17) is 0 Å². The number of carbonyl (C=O) groups excluding carboxylic acids is 1. The molecule has 0 aliphatic heterocycles. The topological polar surface area (TPSA) is 29.1 Å². The van der Waals surface area contributed by atoms with Crippen molar-refractivity contribution < 1.29 is 56.2 Å². The Bertz CT molecular complexity index is 245. The molecular formula is C21H47KNO-. The largest absolute Gasteiger partial charge is 1.00 e. The second-order valence-corrected chi connectivity index (χ2v) is 7.11. The minimum atomic E-state index is -0.250. The Morgan fingerprint density at radius 1 is 0.875 bits per heavy atom. The van der Waals surface area contributed by atoms with Crippen molar-refractivity contribution in [3.05, 3.63) is 14.4 Å². The third-order valence-corrected chi connectivity index (χ3v) is 3.33. The molecule has 144 valence electrons. The molecule has 0 rings (SSSR count). The van der Waals surface area contributed by atoms with Crippen LogP contribution in [0.1, 0.15) is 101 Å². The van der Waals surface area contributed by atoms with Gasteiger partial charge in [0.2, 0.25) is 5.91 Å². The zero-order valence-electron chi connectivity index (χ0n) is 19.1. The third-order valence-electron chi connectivity index (χ3n) is 3.33. The number of hydrogen-bond donors (Lipinski definition) is 1. The Morgan fingerprint density at radius 3 is 1.71 bits per heavy atom. The van der Waals surface area contributed by atoms with Crippen molar-refractivity contribution in [2.24, 2.45) is 10.8 Å². The minimum absolute atomic E-state index is 0. The van der Waals surface area contributed by atoms with E-state index in [2.05, 4.69) is 33.0 Å². The number of amides is 1. The number of hydrogen-bond acceptors (Lipinski definition) is 1. The molecule has 0 aliphatic carbocycles. The van der Waals surface area contributed by atoms with Crippen molar-refractivity contribution in [2.75, 3.05) is 6.54 Å². The van der Waals surface area contributed by atoms with Crippen molar-refractivity contribution in [1.29, 1.82) is 0 Å². The predicted molar refractivity (Wildman–Crippen MR) is 108 cm³/mol. The number of nitrogens with one attached hydrogen (secondary N) is 1. The molecule has 0 radical (unpaired) electrons. The van der Waals surface area contributed by atoms with E-state index >= 15 is 0 Å². The molecule has 2 nitrogen and oxygen atoms in total. The van der Waals surface area contributed by atoms with Gasteiger partial charge in [-0.05, 0) is 24.7 Å². The molecule has 0 aromatic carbocycles. The summed E-state index contributed by atoms with van der Waals surface area (Å²) in [4.78, 5) is 12.1. The van der Waals surface area contributed by atoms with Gasteiger partial charge in [0.1, 0.15) is 0 Å². The normalized spacial score (nSPS) is 9.92. The summed E-state index contributed by atoms with van der Waals surface area (Å²) >= 11 is 0. The van der Waals surface area contributed by atoms with Gasteiger partial charge in [0.25, 0.3) is 0 Å². The van der Waals surface area contributed by atoms with Crippen LogP contribution < -0.4 is 56.7 Å². The average molecular weight is 369 g/mol. The molecule has 0 aliphatic rings. The van der Waals surface area contributed by atoms with Crippen LogP contribution in [0.2, 0.25) is 0 Å². The van der Waals surface area contributed by atoms with Crippen LogP contribution in [0.5, 0.6) is 0 Å². The van der Waals surface area contributed by atoms with Crippen LogP contribution in [-0.2, 0) is 4.79 Å². The van der Waals surface area contributed by atoms with Gasteiger partial charge in [-0.2, -0.15) is 6.42 Å². The van der Waals surface area contributed by atoms with Gasteiger partial charge in [-0.25, -0.2) is 0 Å². The Morgan fingerprint density at radius 2 is 1.33 bits per heavy atom. The summed E-state index contributed by atoms with van der Waals surface area (Å²) in [5, 5.41) is 3.06. The van der Waals surface area contributed by atoms with E-state index in [0.717, 1.165) is 45.1 Å². The summed E-state index contributed by atoms with van der Waals surface area (Å²) < 4.78 is 0. The van der Waals surface area contributed by atoms with Crippen molar-refractivity contribution >= 4 is 5.91 Å². The maximum absolute atomic E-state index is 12.1. The SMILES string of the molecule is CC.CC.[CH2-]CCCCCNC(=O)C(C)(C)CCC(C)(C)C.[CH3-].[K+]. The van der Waals surface area contributed by atoms with Crippen LogP contribution in [0.15, 0.2) is 0 Å². The molecule has 0 heterocycles. The van der Waals surface area contributed by atoms with Gasteiger partial charge in [-0.1, -0.05) is 75.2 Å². The fourth-order valence-corrected chi connectivity index (χ4v) is 1.72. The van der Waals surface area contributed by atoms with E-state index in [1.807, 2.05) is 41.5 Å². The molecule has 1 amide bonds. The summed E-state index contributed by atoms with van der Waals surface area (Å²) in [6.45, 7) is 23.4. The second-order valence-electron chi connectivity index (χ2n) is 7.11. The summed E-state index contributed by atoms with van der Waals surface area (Å²) in [5.41, 5.74) is 0.0469. The van der Waals surface area contributed by atoms with Gasteiger partial charge in [0, 0.05) is 12.0 Å². The first kappa shape index (κ1) is 36.1. The molecule has 0 fully saturated rings. The average Bonchev–Trinajstić information content (AvgIpc) is 2.48. The van der Waals surface area contributed by atoms with Crippen molar-refractivity contribution in [3.8, 4) is 0 Å². The van der Waals surface area contributed by atoms with Crippen molar-refractivity contribution in [3.63, 3.8) is 0 Å². The van der Waals surface area contributed by atoms with Gasteiger partial charge < -0.3 is 19.7 Å². The monoisotopic (exact) mass is 368 g/mol. The molecule has 24 heavy (non-hydrogen) atoms. The molecule has 0 saturated carbocycles. The van der Waals surface area contributed by atoms with Crippen molar-refractivity contribution in [1.82, 2.24) is 5.32 Å². The molecule has 0 unspecified atom stereocenters. The van der Waals surface area contributed by atoms with Gasteiger partial charge in [-0.15, -0.1) is 0 Å². The fraction of sp³-hybridized carbons (Fsp3) is 0.857. The molecule has 0 atom stereocenters. The van der Waals surface area contributed by atoms with Crippen molar-refractivity contribution in [2.45, 2.75) is 101 Å². The molecule has 0 aromatic rings. The fourth-order valence-electron chi connectivity index (χ4n) is 1.72. The van der Waals surface area contributed by atoms with E-state index in [0.29, 0.717) is 5.41 Å². The standard InChI is InChI=1S/C16H32NO.2C2H6.CH3.K/c1-7-8-9-10-13-17-14(18)16(5,6)12-11-15(2,3)4;2*1-2;;/h1,7-13H2,2-6H3,(H,17,18);2*1-2H3;1H3;/q-1;;;-1;+1. The van der Waals surface area contributed by atoms with Crippen LogP contribution in [0.4, 0.5) is 0 Å². The maximum atomic E-state index is 12.1. The number of unbranched alkanes of at least 4 members (excludes halogenated alkanes) is 3. The minimum Gasteiger partial charge on any atom is -0.358 e. The Balaban J connectivity index is -0.000000185. The third kappa shape index (κ3) is 25.3. The molecule has 3 heteroatoms. The zero-order valence-corrected chi connectivity index (χ0v) is 22.2. The molecule has 0 bridgehead atoms. The van der Waals surface area contributed by atoms with Crippen LogP contribution in [0.3, 0.4) is 0 Å². The maximum Gasteiger partial charge on any atom is 1.00 e. The molecule has 0 saturated heterocycles. The summed E-state index contributed by atoms with van der Waals surface area (Å²) in [6.07, 6.45) is 6.40. The van der Waals surface area contributed by atoms with E-state index < -0.39 is 0 Å². The first-order chi connectivity index (χ1) is 10.2. The molecular weight excluding hydrogens is 321 g/mol. The van der Waals surface area contributed by atoms with Crippen LogP contribution >= 0.6 is 0 Å². The molecule has 0 aromatic heterocycles. The van der Waals surface area contributed by atoms with E-state index in [1.54, 1.807) is 0 Å². The second kappa shape index (κ2) is 22.1. The Labute approximate surface area is 198 Å². The Kier molecular flexibility index (Phi) is 33.3. The summed E-state index contributed by atoms with van der Waals surface area (Å²) in [7, 11) is 0. The van der Waals surface area contributed by atoms with Gasteiger partial charge in [-0.3, -0.25) is 4.79 Å². The molecule has 0 spiro atoms. The first-order valence-corrected chi connectivity index (χ1v) is 9.26. The predicted octanol–water partition coefficient (Wildman–Crippen LogP) is 3.86. The Hall–Kier alpha value is 1.11. The number of rotatable bonds is 8. The van der Waals surface area contributed by atoms with Gasteiger partial charge in [0.15, 0.2) is 0 Å². The van der Waals surface area contributed by atoms with E-state index in [-0.39, 0.29) is 70.1 Å². The van der Waals surface area contributed by atoms with Gasteiger partial charge >= 0.3 is 51.4 Å².